The lowest BCUT2D eigenvalue weighted by molar-refractivity contribution is 0.0694. The molecule has 2 aromatic rings. The molecule has 0 saturated heterocycles. The van der Waals surface area contributed by atoms with Crippen LogP contribution in [-0.4, -0.2) is 37.3 Å². The van der Waals surface area contributed by atoms with Crippen LogP contribution in [-0.2, 0) is 11.2 Å². The monoisotopic (exact) mass is 347 g/mol. The quantitative estimate of drug-likeness (QED) is 0.676. The molecule has 25 heavy (non-hydrogen) atoms. The maximum absolute atomic E-state index is 12.4. The highest BCUT2D eigenvalue weighted by molar-refractivity contribution is 6.04. The summed E-state index contributed by atoms with van der Waals surface area (Å²) < 4.78 is 16.0. The Kier molecular flexibility index (Phi) is 6.59. The fourth-order valence-corrected chi connectivity index (χ4v) is 2.25. The van der Waals surface area contributed by atoms with Crippen molar-refractivity contribution in [3.63, 3.8) is 0 Å². The number of ether oxygens (including phenoxy) is 2. The van der Waals surface area contributed by atoms with Gasteiger partial charge in [0.25, 0.3) is 5.91 Å². The number of rotatable bonds is 9. The number of aryl methyl sites for hydroxylation is 1. The van der Waals surface area contributed by atoms with E-state index in [1.807, 2.05) is 0 Å². The van der Waals surface area contributed by atoms with E-state index >= 15 is 0 Å². The summed E-state index contributed by atoms with van der Waals surface area (Å²) in [6.07, 6.45) is 1.10. The van der Waals surface area contributed by atoms with Crippen molar-refractivity contribution in [2.75, 3.05) is 25.6 Å². The summed E-state index contributed by atoms with van der Waals surface area (Å²) in [5.74, 6) is -0.922. The predicted octanol–water partition coefficient (Wildman–Crippen LogP) is 3.21. The SMILES string of the molecule is CCc1oc(C(=O)Nc2ccccc2OCCCOC)cc1C(=O)O. The summed E-state index contributed by atoms with van der Waals surface area (Å²) in [4.78, 5) is 23.6. The average molecular weight is 347 g/mol. The molecule has 0 radical (unpaired) electrons. The molecule has 7 nitrogen and oxygen atoms in total. The number of amides is 1. The van der Waals surface area contributed by atoms with Crippen molar-refractivity contribution in [3.8, 4) is 5.75 Å². The highest BCUT2D eigenvalue weighted by atomic mass is 16.5. The first-order valence-electron chi connectivity index (χ1n) is 7.95. The standard InChI is InChI=1S/C18H21NO6/c1-3-14-12(18(21)22)11-16(25-14)17(20)19-13-7-4-5-8-15(13)24-10-6-9-23-2/h4-5,7-8,11H,3,6,9-10H2,1-2H3,(H,19,20)(H,21,22). The van der Waals surface area contributed by atoms with E-state index in [0.29, 0.717) is 31.1 Å². The van der Waals surface area contributed by atoms with Gasteiger partial charge in [0.15, 0.2) is 5.76 Å². The number of hydrogen-bond donors (Lipinski definition) is 2. The second kappa shape index (κ2) is 8.89. The lowest BCUT2D eigenvalue weighted by Crippen LogP contribution is -2.12. The van der Waals surface area contributed by atoms with Crippen LogP contribution in [0.3, 0.4) is 0 Å². The van der Waals surface area contributed by atoms with Crippen molar-refractivity contribution < 1.29 is 28.6 Å². The van der Waals surface area contributed by atoms with E-state index in [4.69, 9.17) is 19.0 Å². The Balaban J connectivity index is 2.11. The third kappa shape index (κ3) is 4.84. The van der Waals surface area contributed by atoms with Crippen LogP contribution in [0.2, 0.25) is 0 Å². The molecule has 0 saturated carbocycles. The number of carboxylic acids is 1. The number of carboxylic acid groups (broad SMARTS) is 1. The zero-order valence-electron chi connectivity index (χ0n) is 14.2. The molecular weight excluding hydrogens is 326 g/mol. The predicted molar refractivity (Wildman–Crippen MR) is 91.4 cm³/mol. The third-order valence-corrected chi connectivity index (χ3v) is 3.47. The van der Waals surface area contributed by atoms with E-state index in [1.54, 1.807) is 38.3 Å². The fourth-order valence-electron chi connectivity index (χ4n) is 2.25. The maximum Gasteiger partial charge on any atom is 0.339 e. The smallest absolute Gasteiger partial charge is 0.339 e. The van der Waals surface area contributed by atoms with Gasteiger partial charge >= 0.3 is 5.97 Å². The molecule has 1 aromatic heterocycles. The molecule has 0 fully saturated rings. The van der Waals surface area contributed by atoms with Crippen molar-refractivity contribution in [1.82, 2.24) is 0 Å². The van der Waals surface area contributed by atoms with Crippen LogP contribution in [0.5, 0.6) is 5.75 Å². The Bertz CT molecular complexity index is 737. The van der Waals surface area contributed by atoms with Crippen LogP contribution in [0.1, 0.15) is 40.0 Å². The Labute approximate surface area is 145 Å². The van der Waals surface area contributed by atoms with Crippen LogP contribution in [0.25, 0.3) is 0 Å². The van der Waals surface area contributed by atoms with Gasteiger partial charge in [0, 0.05) is 32.6 Å². The fraction of sp³-hybridized carbons (Fsp3) is 0.333. The number of carbonyl (C=O) groups excluding carboxylic acids is 1. The largest absolute Gasteiger partial charge is 0.491 e. The molecule has 2 rings (SSSR count). The molecule has 0 aliphatic heterocycles. The van der Waals surface area contributed by atoms with E-state index < -0.39 is 11.9 Å². The van der Waals surface area contributed by atoms with Gasteiger partial charge in [-0.3, -0.25) is 4.79 Å². The minimum atomic E-state index is -1.12. The van der Waals surface area contributed by atoms with Crippen LogP contribution >= 0.6 is 0 Å². The molecule has 1 aromatic carbocycles. The number of benzene rings is 1. The molecule has 0 aliphatic rings. The molecule has 1 heterocycles. The number of aromatic carboxylic acids is 1. The summed E-state index contributed by atoms with van der Waals surface area (Å²) in [6, 6.07) is 8.24. The second-order valence-corrected chi connectivity index (χ2v) is 5.25. The van der Waals surface area contributed by atoms with Gasteiger partial charge < -0.3 is 24.3 Å². The zero-order valence-corrected chi connectivity index (χ0v) is 14.2. The summed E-state index contributed by atoms with van der Waals surface area (Å²) >= 11 is 0. The van der Waals surface area contributed by atoms with Gasteiger partial charge in [-0.05, 0) is 12.1 Å². The van der Waals surface area contributed by atoms with E-state index in [0.717, 1.165) is 6.42 Å². The molecule has 1 amide bonds. The Hall–Kier alpha value is -2.80. The van der Waals surface area contributed by atoms with Gasteiger partial charge in [0.05, 0.1) is 12.3 Å². The van der Waals surface area contributed by atoms with Gasteiger partial charge in [0.1, 0.15) is 17.1 Å². The van der Waals surface area contributed by atoms with Crippen LogP contribution in [0.15, 0.2) is 34.7 Å². The lowest BCUT2D eigenvalue weighted by Gasteiger charge is -2.11. The minimum absolute atomic E-state index is 0.00301. The molecule has 0 spiro atoms. The zero-order chi connectivity index (χ0) is 18.2. The first kappa shape index (κ1) is 18.5. The lowest BCUT2D eigenvalue weighted by atomic mass is 10.2. The number of hydrogen-bond acceptors (Lipinski definition) is 5. The molecule has 134 valence electrons. The summed E-state index contributed by atoms with van der Waals surface area (Å²) in [5, 5.41) is 11.8. The van der Waals surface area contributed by atoms with Gasteiger partial charge in [-0.1, -0.05) is 19.1 Å². The first-order chi connectivity index (χ1) is 12.1. The number of nitrogens with one attached hydrogen (secondary N) is 1. The highest BCUT2D eigenvalue weighted by Gasteiger charge is 2.20. The van der Waals surface area contributed by atoms with Crippen LogP contribution < -0.4 is 10.1 Å². The molecule has 0 atom stereocenters. The van der Waals surface area contributed by atoms with Crippen molar-refractivity contribution >= 4 is 17.6 Å². The van der Waals surface area contributed by atoms with Gasteiger partial charge in [-0.15, -0.1) is 0 Å². The maximum atomic E-state index is 12.4. The number of methoxy groups -OCH3 is 1. The number of anilines is 1. The summed E-state index contributed by atoms with van der Waals surface area (Å²) in [7, 11) is 1.62. The van der Waals surface area contributed by atoms with Crippen molar-refractivity contribution in [2.45, 2.75) is 19.8 Å². The highest BCUT2D eigenvalue weighted by Crippen LogP contribution is 2.25. The van der Waals surface area contributed by atoms with Crippen molar-refractivity contribution in [1.29, 1.82) is 0 Å². The normalized spacial score (nSPS) is 10.5. The van der Waals surface area contributed by atoms with E-state index in [9.17, 15) is 9.59 Å². The van der Waals surface area contributed by atoms with Crippen LogP contribution in [0, 0.1) is 0 Å². The average Bonchev–Trinajstić information content (AvgIpc) is 3.05. The van der Waals surface area contributed by atoms with E-state index in [1.165, 1.54) is 6.07 Å². The van der Waals surface area contributed by atoms with E-state index in [-0.39, 0.29) is 17.1 Å². The summed E-state index contributed by atoms with van der Waals surface area (Å²) in [5.41, 5.74) is 0.480. The molecule has 0 aliphatic carbocycles. The Morgan fingerprint density at radius 2 is 2.00 bits per heavy atom. The van der Waals surface area contributed by atoms with Gasteiger partial charge in [-0.25, -0.2) is 4.79 Å². The van der Waals surface area contributed by atoms with Crippen molar-refractivity contribution in [2.24, 2.45) is 0 Å². The molecule has 2 N–H and O–H groups in total. The molecular formula is C18H21NO6. The number of carbonyl (C=O) groups is 2. The topological polar surface area (TPSA) is 98.0 Å². The number of furan rings is 1. The number of para-hydroxylation sites is 2. The van der Waals surface area contributed by atoms with Crippen LogP contribution in [0.4, 0.5) is 5.69 Å². The molecule has 7 heteroatoms. The molecule has 0 unspecified atom stereocenters. The Morgan fingerprint density at radius 3 is 2.64 bits per heavy atom. The van der Waals surface area contributed by atoms with Crippen molar-refractivity contribution in [3.05, 3.63) is 47.4 Å². The Morgan fingerprint density at radius 1 is 1.24 bits per heavy atom. The molecule has 0 bridgehead atoms. The second-order valence-electron chi connectivity index (χ2n) is 5.25. The van der Waals surface area contributed by atoms with E-state index in [2.05, 4.69) is 5.32 Å². The minimum Gasteiger partial charge on any atom is -0.491 e. The first-order valence-corrected chi connectivity index (χ1v) is 7.95. The third-order valence-electron chi connectivity index (χ3n) is 3.47. The summed E-state index contributed by atoms with van der Waals surface area (Å²) in [6.45, 7) is 2.79. The van der Waals surface area contributed by atoms with Gasteiger partial charge in [0.2, 0.25) is 0 Å². The van der Waals surface area contributed by atoms with Gasteiger partial charge in [-0.2, -0.15) is 0 Å².